The molecule has 1 aliphatic rings. The van der Waals surface area contributed by atoms with E-state index in [4.69, 9.17) is 14.2 Å². The first kappa shape index (κ1) is 73.6. The number of allylic oxidation sites excluding steroid dienone is 7. The minimum absolute atomic E-state index is 0.116. The number of hydrogen-bond acceptors (Lipinski definition) is 10. The highest BCUT2D eigenvalue weighted by molar-refractivity contribution is 5.80. The van der Waals surface area contributed by atoms with Crippen molar-refractivity contribution in [1.29, 1.82) is 0 Å². The lowest BCUT2D eigenvalue weighted by Gasteiger charge is -2.41. The molecule has 0 aliphatic carbocycles. The molecular formula is C67H123NO10. The van der Waals surface area contributed by atoms with Gasteiger partial charge >= 0.3 is 5.97 Å². The predicted molar refractivity (Wildman–Crippen MR) is 324 cm³/mol. The van der Waals surface area contributed by atoms with Gasteiger partial charge in [0.2, 0.25) is 5.91 Å². The fourth-order valence-corrected chi connectivity index (χ4v) is 10.2. The van der Waals surface area contributed by atoms with Crippen LogP contribution in [0.25, 0.3) is 0 Å². The number of esters is 1. The molecule has 11 nitrogen and oxygen atoms in total. The third kappa shape index (κ3) is 42.5. The highest BCUT2D eigenvalue weighted by Gasteiger charge is 2.47. The zero-order valence-electron chi connectivity index (χ0n) is 50.5. The zero-order valence-corrected chi connectivity index (χ0v) is 50.5. The summed E-state index contributed by atoms with van der Waals surface area (Å²) in [5.74, 6) is -1.19. The molecule has 8 unspecified atom stereocenters. The number of aliphatic hydroxyl groups excluding tert-OH is 5. The number of amides is 1. The Bertz CT molecular complexity index is 1450. The Morgan fingerprint density at radius 1 is 0.500 bits per heavy atom. The van der Waals surface area contributed by atoms with Crippen LogP contribution in [0.3, 0.4) is 0 Å². The molecule has 1 saturated heterocycles. The fraction of sp³-hybridized carbons (Fsp3) is 0.851. The average Bonchev–Trinajstić information content (AvgIpc) is 3.45. The molecule has 1 heterocycles. The molecule has 1 amide bonds. The first-order valence-electron chi connectivity index (χ1n) is 32.9. The van der Waals surface area contributed by atoms with Gasteiger partial charge in [-0.2, -0.15) is 0 Å². The lowest BCUT2D eigenvalue weighted by molar-refractivity contribution is -0.305. The Balaban J connectivity index is 2.63. The molecule has 78 heavy (non-hydrogen) atoms. The van der Waals surface area contributed by atoms with Crippen LogP contribution >= 0.6 is 0 Å². The Kier molecular flexibility index (Phi) is 52.1. The Labute approximate surface area is 478 Å². The molecule has 6 N–H and O–H groups in total. The van der Waals surface area contributed by atoms with Gasteiger partial charge < -0.3 is 45.1 Å². The van der Waals surface area contributed by atoms with Crippen LogP contribution in [0.1, 0.15) is 303 Å². The molecule has 11 heteroatoms. The molecule has 0 aromatic heterocycles. The van der Waals surface area contributed by atoms with Gasteiger partial charge in [-0.15, -0.1) is 0 Å². The maximum atomic E-state index is 13.4. The smallest absolute Gasteiger partial charge is 0.306 e. The van der Waals surface area contributed by atoms with Gasteiger partial charge in [-0.1, -0.05) is 281 Å². The molecule has 1 rings (SSSR count). The summed E-state index contributed by atoms with van der Waals surface area (Å²) in [6.45, 7) is 5.79. The Morgan fingerprint density at radius 3 is 1.35 bits per heavy atom. The van der Waals surface area contributed by atoms with E-state index in [-0.39, 0.29) is 13.0 Å². The van der Waals surface area contributed by atoms with E-state index in [1.165, 1.54) is 173 Å². The molecule has 0 aromatic carbocycles. The Hall–Kier alpha value is -2.38. The van der Waals surface area contributed by atoms with Crippen LogP contribution in [0, 0.1) is 0 Å². The highest BCUT2D eigenvalue weighted by atomic mass is 16.7. The van der Waals surface area contributed by atoms with E-state index in [9.17, 15) is 35.1 Å². The summed E-state index contributed by atoms with van der Waals surface area (Å²) < 4.78 is 17.7. The number of unbranched alkanes of at least 4 members (excludes halogenated alkanes) is 36. The highest BCUT2D eigenvalue weighted by Crippen LogP contribution is 2.26. The molecule has 0 spiro atoms. The van der Waals surface area contributed by atoms with Crippen molar-refractivity contribution in [3.05, 3.63) is 48.6 Å². The van der Waals surface area contributed by atoms with Crippen molar-refractivity contribution in [3.8, 4) is 0 Å². The number of aliphatic hydroxyl groups is 5. The molecule has 1 aliphatic heterocycles. The van der Waals surface area contributed by atoms with Crippen LogP contribution in [-0.2, 0) is 23.8 Å². The maximum Gasteiger partial charge on any atom is 0.306 e. The molecule has 1 fully saturated rings. The predicted octanol–water partition coefficient (Wildman–Crippen LogP) is 16.0. The Morgan fingerprint density at radius 2 is 0.885 bits per heavy atom. The van der Waals surface area contributed by atoms with Crippen molar-refractivity contribution < 1.29 is 49.3 Å². The number of ether oxygens (including phenoxy) is 3. The number of hydrogen-bond donors (Lipinski definition) is 6. The SMILES string of the molecule is CCCCC/C=C\C/C=C\C/C=C\CCCCCCCCCCC(=O)OC1C(OCC(NC(=O)C(O)CCCCCCCCCCCCCCCCCC)C(O)/C=C/CCCCCCCCCCCC)OC(CO)C(O)C1O. The second-order valence-electron chi connectivity index (χ2n) is 22.9. The van der Waals surface area contributed by atoms with Gasteiger partial charge in [-0.05, 0) is 64.2 Å². The largest absolute Gasteiger partial charge is 0.454 e. The lowest BCUT2D eigenvalue weighted by Crippen LogP contribution is -2.61. The van der Waals surface area contributed by atoms with Crippen molar-refractivity contribution in [1.82, 2.24) is 5.32 Å². The third-order valence-electron chi connectivity index (χ3n) is 15.5. The van der Waals surface area contributed by atoms with Gasteiger partial charge in [-0.3, -0.25) is 9.59 Å². The van der Waals surface area contributed by atoms with Gasteiger partial charge in [-0.25, -0.2) is 0 Å². The van der Waals surface area contributed by atoms with E-state index in [2.05, 4.69) is 62.5 Å². The molecular weight excluding hydrogens is 979 g/mol. The normalized spacial score (nSPS) is 19.2. The van der Waals surface area contributed by atoms with Crippen LogP contribution in [0.5, 0.6) is 0 Å². The van der Waals surface area contributed by atoms with Crippen LogP contribution in [0.15, 0.2) is 48.6 Å². The van der Waals surface area contributed by atoms with Crippen LogP contribution in [0.2, 0.25) is 0 Å². The second kappa shape index (κ2) is 55.2. The maximum absolute atomic E-state index is 13.4. The standard InChI is InChI=1S/C67H123NO10/c1-4-7-10-13-16-19-22-25-27-29-30-31-32-33-35-37-40-43-46-49-52-55-62(72)78-65-64(74)63(73)61(56-69)77-67(65)76-57-58(59(70)53-50-47-44-41-38-24-21-18-15-12-9-6-3)68-66(75)60(71)54-51-48-45-42-39-36-34-28-26-23-20-17-14-11-8-5-2/h16,19,25,27,30-31,50,53,58-61,63-65,67,69-71,73-74H,4-15,17-18,20-24,26,28-29,32-49,51-52,54-57H2,1-3H3,(H,68,75)/b19-16-,27-25-,31-30-,53-50+. The van der Waals surface area contributed by atoms with E-state index in [1.807, 2.05) is 6.08 Å². The van der Waals surface area contributed by atoms with E-state index in [0.717, 1.165) is 83.5 Å². The van der Waals surface area contributed by atoms with E-state index < -0.39 is 67.4 Å². The zero-order chi connectivity index (χ0) is 56.8. The summed E-state index contributed by atoms with van der Waals surface area (Å²) in [6.07, 6.45) is 57.1. The summed E-state index contributed by atoms with van der Waals surface area (Å²) >= 11 is 0. The van der Waals surface area contributed by atoms with Crippen LogP contribution < -0.4 is 5.32 Å². The van der Waals surface area contributed by atoms with Crippen molar-refractivity contribution in [2.45, 2.75) is 352 Å². The molecule has 0 bridgehead atoms. The van der Waals surface area contributed by atoms with Crippen LogP contribution in [0.4, 0.5) is 0 Å². The van der Waals surface area contributed by atoms with E-state index >= 15 is 0 Å². The van der Waals surface area contributed by atoms with Gasteiger partial charge in [0.05, 0.1) is 25.4 Å². The summed E-state index contributed by atoms with van der Waals surface area (Å²) in [6, 6.07) is -1.02. The van der Waals surface area contributed by atoms with E-state index in [1.54, 1.807) is 6.08 Å². The minimum Gasteiger partial charge on any atom is -0.454 e. The number of carbonyl (C=O) groups is 2. The van der Waals surface area contributed by atoms with Crippen molar-refractivity contribution in [2.24, 2.45) is 0 Å². The molecule has 456 valence electrons. The topological polar surface area (TPSA) is 175 Å². The fourth-order valence-electron chi connectivity index (χ4n) is 10.2. The van der Waals surface area contributed by atoms with Crippen molar-refractivity contribution in [3.63, 3.8) is 0 Å². The second-order valence-corrected chi connectivity index (χ2v) is 22.9. The summed E-state index contributed by atoms with van der Waals surface area (Å²) in [5.41, 5.74) is 0. The molecule has 8 atom stereocenters. The van der Waals surface area contributed by atoms with Gasteiger partial charge in [0.15, 0.2) is 12.4 Å². The van der Waals surface area contributed by atoms with E-state index in [0.29, 0.717) is 19.3 Å². The molecule has 0 saturated carbocycles. The first-order valence-corrected chi connectivity index (χ1v) is 32.9. The monoisotopic (exact) mass is 1100 g/mol. The van der Waals surface area contributed by atoms with Gasteiger partial charge in [0.1, 0.15) is 24.4 Å². The minimum atomic E-state index is -1.62. The number of nitrogens with one attached hydrogen (secondary N) is 1. The average molecular weight is 1100 g/mol. The summed E-state index contributed by atoms with van der Waals surface area (Å²) in [5, 5.41) is 57.1. The first-order chi connectivity index (χ1) is 38.2. The van der Waals surface area contributed by atoms with Crippen LogP contribution in [-0.4, -0.2) is 99.6 Å². The van der Waals surface area contributed by atoms with Crippen molar-refractivity contribution in [2.75, 3.05) is 13.2 Å². The lowest BCUT2D eigenvalue weighted by atomic mass is 9.99. The summed E-state index contributed by atoms with van der Waals surface area (Å²) in [7, 11) is 0. The van der Waals surface area contributed by atoms with Gasteiger partial charge in [0.25, 0.3) is 0 Å². The van der Waals surface area contributed by atoms with Crippen molar-refractivity contribution >= 4 is 11.9 Å². The quantitative estimate of drug-likeness (QED) is 0.0195. The third-order valence-corrected chi connectivity index (χ3v) is 15.5. The van der Waals surface area contributed by atoms with Gasteiger partial charge in [0, 0.05) is 6.42 Å². The number of rotatable bonds is 56. The molecule has 0 radical (unpaired) electrons. The number of carbonyl (C=O) groups excluding carboxylic acids is 2. The molecule has 0 aromatic rings. The summed E-state index contributed by atoms with van der Waals surface area (Å²) in [4.78, 5) is 26.6.